The first kappa shape index (κ1) is 15.4. The maximum absolute atomic E-state index is 12.7. The van der Waals surface area contributed by atoms with Crippen molar-refractivity contribution in [2.24, 2.45) is 0 Å². The van der Waals surface area contributed by atoms with Crippen molar-refractivity contribution in [3.63, 3.8) is 0 Å². The minimum Gasteiger partial charge on any atom is -0.352 e. The lowest BCUT2D eigenvalue weighted by Crippen LogP contribution is -2.20. The third-order valence-electron chi connectivity index (χ3n) is 5.25. The van der Waals surface area contributed by atoms with Gasteiger partial charge in [0.05, 0.1) is 33.2 Å². The van der Waals surface area contributed by atoms with Crippen LogP contribution in [0.15, 0.2) is 45.3 Å². The van der Waals surface area contributed by atoms with Gasteiger partial charge in [-0.3, -0.25) is 14.9 Å². The Kier molecular flexibility index (Phi) is 2.85. The average Bonchev–Trinajstić information content (AvgIpc) is 3.28. The fourth-order valence-electron chi connectivity index (χ4n) is 4.19. The van der Waals surface area contributed by atoms with Gasteiger partial charge in [0.1, 0.15) is 0 Å². The molecular weight excluding hydrogens is 474 g/mol. The molecule has 6 rings (SSSR count). The largest absolute Gasteiger partial charge is 0.352 e. The van der Waals surface area contributed by atoms with Crippen LogP contribution in [-0.4, -0.2) is 21.8 Å². The van der Waals surface area contributed by atoms with Crippen molar-refractivity contribution < 1.29 is 9.59 Å². The first-order valence-electron chi connectivity index (χ1n) is 8.27. The number of rotatable bonds is 0. The van der Waals surface area contributed by atoms with Gasteiger partial charge in [0, 0.05) is 30.5 Å². The zero-order chi connectivity index (χ0) is 18.4. The summed E-state index contributed by atoms with van der Waals surface area (Å²) in [5.41, 5.74) is 4.30. The molecule has 0 saturated heterocycles. The highest BCUT2D eigenvalue weighted by Gasteiger charge is 2.35. The molecule has 0 atom stereocenters. The molecule has 0 radical (unpaired) electrons. The Bertz CT molecular complexity index is 1400. The van der Waals surface area contributed by atoms with E-state index in [0.717, 1.165) is 52.6 Å². The van der Waals surface area contributed by atoms with Crippen LogP contribution in [0.3, 0.4) is 0 Å². The van der Waals surface area contributed by atoms with Crippen LogP contribution >= 0.6 is 31.9 Å². The van der Waals surface area contributed by atoms with Gasteiger partial charge in [0.2, 0.25) is 0 Å². The molecule has 3 aromatic carbocycles. The standard InChI is InChI=1S/C20H9Br2N3O2/c21-9-5-1-3-7-11-13-14(20(27)25-19(13)26)12-8-4-2-6-10(22)16(8)24-18(12)17(11)23-15(7)9/h1-6,23-24H,(H,25,26,27). The summed E-state index contributed by atoms with van der Waals surface area (Å²) in [6.07, 6.45) is 0. The summed E-state index contributed by atoms with van der Waals surface area (Å²) in [6, 6.07) is 11.7. The summed E-state index contributed by atoms with van der Waals surface area (Å²) in [7, 11) is 0. The molecule has 2 aromatic heterocycles. The highest BCUT2D eigenvalue weighted by Crippen LogP contribution is 2.43. The van der Waals surface area contributed by atoms with E-state index in [4.69, 9.17) is 0 Å². The number of para-hydroxylation sites is 2. The van der Waals surface area contributed by atoms with Crippen molar-refractivity contribution >= 4 is 87.3 Å². The van der Waals surface area contributed by atoms with E-state index in [2.05, 4.69) is 47.1 Å². The van der Waals surface area contributed by atoms with E-state index in [1.807, 2.05) is 36.4 Å². The average molecular weight is 483 g/mol. The van der Waals surface area contributed by atoms with Gasteiger partial charge in [-0.15, -0.1) is 0 Å². The summed E-state index contributed by atoms with van der Waals surface area (Å²) in [4.78, 5) is 32.3. The molecule has 0 bridgehead atoms. The Hall–Kier alpha value is -2.64. The van der Waals surface area contributed by atoms with Crippen molar-refractivity contribution in [1.29, 1.82) is 0 Å². The number of aromatic amines is 2. The number of carbonyl (C=O) groups is 2. The van der Waals surface area contributed by atoms with E-state index in [1.54, 1.807) is 0 Å². The quantitative estimate of drug-likeness (QED) is 0.260. The van der Waals surface area contributed by atoms with Gasteiger partial charge in [0.15, 0.2) is 0 Å². The first-order chi connectivity index (χ1) is 13.1. The van der Waals surface area contributed by atoms with E-state index in [9.17, 15) is 9.59 Å². The zero-order valence-electron chi connectivity index (χ0n) is 13.5. The molecule has 3 heterocycles. The molecule has 0 fully saturated rings. The summed E-state index contributed by atoms with van der Waals surface area (Å²) >= 11 is 7.15. The van der Waals surface area contributed by atoms with Crippen LogP contribution in [-0.2, 0) is 0 Å². The zero-order valence-corrected chi connectivity index (χ0v) is 16.7. The second-order valence-corrected chi connectivity index (χ2v) is 8.32. The summed E-state index contributed by atoms with van der Waals surface area (Å²) < 4.78 is 1.81. The van der Waals surface area contributed by atoms with Crippen molar-refractivity contribution in [1.82, 2.24) is 15.3 Å². The Morgan fingerprint density at radius 1 is 0.630 bits per heavy atom. The fraction of sp³-hybridized carbons (Fsp3) is 0. The first-order valence-corrected chi connectivity index (χ1v) is 9.86. The minimum absolute atomic E-state index is 0.355. The molecule has 1 aliphatic rings. The number of nitrogens with one attached hydrogen (secondary N) is 3. The van der Waals surface area contributed by atoms with Crippen molar-refractivity contribution in [3.8, 4) is 0 Å². The van der Waals surface area contributed by atoms with Crippen LogP contribution in [0.2, 0.25) is 0 Å². The molecule has 0 aliphatic carbocycles. The highest BCUT2D eigenvalue weighted by atomic mass is 79.9. The van der Waals surface area contributed by atoms with Crippen LogP contribution in [0.4, 0.5) is 0 Å². The van der Waals surface area contributed by atoms with Gasteiger partial charge < -0.3 is 9.97 Å². The smallest absolute Gasteiger partial charge is 0.259 e. The Morgan fingerprint density at radius 2 is 1.07 bits per heavy atom. The number of hydrogen-bond acceptors (Lipinski definition) is 2. The molecule has 130 valence electrons. The van der Waals surface area contributed by atoms with Gasteiger partial charge in [-0.1, -0.05) is 24.3 Å². The van der Waals surface area contributed by atoms with E-state index < -0.39 is 0 Å². The van der Waals surface area contributed by atoms with Crippen LogP contribution < -0.4 is 5.32 Å². The van der Waals surface area contributed by atoms with Crippen molar-refractivity contribution in [3.05, 3.63) is 56.5 Å². The second kappa shape index (κ2) is 4.99. The lowest BCUT2D eigenvalue weighted by Gasteiger charge is -2.02. The number of H-pyrrole nitrogens is 2. The van der Waals surface area contributed by atoms with Gasteiger partial charge in [-0.2, -0.15) is 0 Å². The van der Waals surface area contributed by atoms with Gasteiger partial charge in [-0.05, 0) is 44.0 Å². The van der Waals surface area contributed by atoms with Crippen LogP contribution in [0, 0.1) is 0 Å². The lowest BCUT2D eigenvalue weighted by atomic mass is 9.97. The molecule has 2 amide bonds. The highest BCUT2D eigenvalue weighted by molar-refractivity contribution is 9.11. The summed E-state index contributed by atoms with van der Waals surface area (Å²) in [5.74, 6) is -0.709. The maximum Gasteiger partial charge on any atom is 0.259 e. The maximum atomic E-state index is 12.7. The second-order valence-electron chi connectivity index (χ2n) is 6.61. The number of aromatic nitrogens is 2. The normalized spacial score (nSPS) is 14.0. The van der Waals surface area contributed by atoms with Gasteiger partial charge in [0.25, 0.3) is 11.8 Å². The third kappa shape index (κ3) is 1.78. The molecule has 7 heteroatoms. The molecular formula is C20H9Br2N3O2. The minimum atomic E-state index is -0.355. The van der Waals surface area contributed by atoms with E-state index >= 15 is 0 Å². The Morgan fingerprint density at radius 3 is 1.52 bits per heavy atom. The Labute approximate surface area is 168 Å². The van der Waals surface area contributed by atoms with E-state index in [-0.39, 0.29) is 11.8 Å². The number of amides is 2. The predicted molar refractivity (Wildman–Crippen MR) is 112 cm³/mol. The summed E-state index contributed by atoms with van der Waals surface area (Å²) in [5, 5.41) is 5.81. The number of hydrogen-bond donors (Lipinski definition) is 3. The van der Waals surface area contributed by atoms with Crippen LogP contribution in [0.25, 0.3) is 43.6 Å². The van der Waals surface area contributed by atoms with Gasteiger partial charge >= 0.3 is 0 Å². The van der Waals surface area contributed by atoms with Crippen LogP contribution in [0.5, 0.6) is 0 Å². The van der Waals surface area contributed by atoms with Crippen molar-refractivity contribution in [2.75, 3.05) is 0 Å². The fourth-order valence-corrected chi connectivity index (χ4v) is 5.12. The molecule has 0 saturated carbocycles. The topological polar surface area (TPSA) is 77.8 Å². The lowest BCUT2D eigenvalue weighted by molar-refractivity contribution is 0.0880. The number of imide groups is 1. The van der Waals surface area contributed by atoms with Crippen LogP contribution in [0.1, 0.15) is 20.7 Å². The van der Waals surface area contributed by atoms with E-state index in [1.165, 1.54) is 0 Å². The third-order valence-corrected chi connectivity index (χ3v) is 6.57. The summed E-state index contributed by atoms with van der Waals surface area (Å²) in [6.45, 7) is 0. The molecule has 1 aliphatic heterocycles. The SMILES string of the molecule is O=C1NC(=O)c2c1c1c3cccc(Br)c3[nH]c1c1[nH]c3c(Br)cccc3c21. The molecule has 0 unspecified atom stereocenters. The molecule has 27 heavy (non-hydrogen) atoms. The van der Waals surface area contributed by atoms with Gasteiger partial charge in [-0.25, -0.2) is 0 Å². The molecule has 3 N–H and O–H groups in total. The number of fused-ring (bicyclic) bond motifs is 10. The predicted octanol–water partition coefficient (Wildman–Crippen LogP) is 5.36. The number of halogens is 2. The molecule has 5 nitrogen and oxygen atoms in total. The van der Waals surface area contributed by atoms with E-state index in [0.29, 0.717) is 11.1 Å². The number of carbonyl (C=O) groups excluding carboxylic acids is 2. The van der Waals surface area contributed by atoms with Crippen molar-refractivity contribution in [2.45, 2.75) is 0 Å². The number of benzene rings is 3. The Balaban J connectivity index is 2.03. The monoisotopic (exact) mass is 481 g/mol. The molecule has 0 spiro atoms. The molecule has 5 aromatic rings.